The van der Waals surface area contributed by atoms with Crippen LogP contribution in [0, 0.1) is 0 Å². The van der Waals surface area contributed by atoms with Gasteiger partial charge in [0.15, 0.2) is 0 Å². The number of hydrogen-bond donors (Lipinski definition) is 4. The van der Waals surface area contributed by atoms with Crippen molar-refractivity contribution in [2.24, 2.45) is 0 Å². The molecule has 8 nitrogen and oxygen atoms in total. The molecule has 2 aliphatic rings. The predicted molar refractivity (Wildman–Crippen MR) is 90.9 cm³/mol. The van der Waals surface area contributed by atoms with Crippen molar-refractivity contribution in [2.75, 3.05) is 12.4 Å². The number of fused-ring (bicyclic) bond motifs is 2. The number of amides is 1. The zero-order valence-electron chi connectivity index (χ0n) is 13.7. The molecule has 1 aliphatic heterocycles. The summed E-state index contributed by atoms with van der Waals surface area (Å²) in [6, 6.07) is 9.39. The number of hydrogen-bond acceptors (Lipinski definition) is 7. The van der Waals surface area contributed by atoms with Crippen LogP contribution in [0.2, 0.25) is 0 Å². The number of hydrazine groups is 1. The Balaban J connectivity index is 1.86. The number of para-hydroxylation sites is 1. The van der Waals surface area contributed by atoms with Crippen molar-refractivity contribution in [3.63, 3.8) is 0 Å². The van der Waals surface area contributed by atoms with Crippen LogP contribution < -0.4 is 16.2 Å². The molecule has 0 spiro atoms. The number of hydroxylamine groups is 1. The van der Waals surface area contributed by atoms with Crippen LogP contribution in [0.15, 0.2) is 48.4 Å². The zero-order valence-corrected chi connectivity index (χ0v) is 13.7. The summed E-state index contributed by atoms with van der Waals surface area (Å²) in [7, 11) is 1.83. The van der Waals surface area contributed by atoms with Crippen LogP contribution >= 0.6 is 0 Å². The second-order valence-corrected chi connectivity index (χ2v) is 6.08. The Hall–Kier alpha value is -2.97. The third-order valence-electron chi connectivity index (χ3n) is 4.61. The van der Waals surface area contributed by atoms with Gasteiger partial charge in [-0.25, -0.2) is 15.4 Å². The van der Waals surface area contributed by atoms with Crippen LogP contribution in [0.5, 0.6) is 0 Å². The minimum Gasteiger partial charge on any atom is -0.355 e. The van der Waals surface area contributed by atoms with E-state index in [2.05, 4.69) is 20.7 Å². The smallest absolute Gasteiger partial charge is 0.290 e. The summed E-state index contributed by atoms with van der Waals surface area (Å²) in [5, 5.41) is 14.4. The highest BCUT2D eigenvalue weighted by molar-refractivity contribution is 5.96. The van der Waals surface area contributed by atoms with Gasteiger partial charge in [0.25, 0.3) is 5.91 Å². The van der Waals surface area contributed by atoms with E-state index >= 15 is 0 Å². The average Bonchev–Trinajstić information content (AvgIpc) is 2.95. The van der Waals surface area contributed by atoms with E-state index < -0.39 is 11.6 Å². The van der Waals surface area contributed by atoms with Gasteiger partial charge in [-0.15, -0.1) is 0 Å². The van der Waals surface area contributed by atoms with Crippen LogP contribution in [0.3, 0.4) is 0 Å². The molecule has 1 aromatic carbocycles. The lowest BCUT2D eigenvalue weighted by Gasteiger charge is -2.33. The summed E-state index contributed by atoms with van der Waals surface area (Å²) >= 11 is 0. The number of nitrogens with zero attached hydrogens (tertiary/aromatic N) is 3. The molecule has 0 radical (unpaired) electrons. The van der Waals surface area contributed by atoms with Gasteiger partial charge in [0, 0.05) is 24.5 Å². The summed E-state index contributed by atoms with van der Waals surface area (Å²) < 4.78 is 0. The second kappa shape index (κ2) is 5.83. The van der Waals surface area contributed by atoms with Gasteiger partial charge < -0.3 is 10.3 Å². The van der Waals surface area contributed by atoms with Crippen LogP contribution in [0.1, 0.15) is 17.7 Å². The van der Waals surface area contributed by atoms with Crippen molar-refractivity contribution >= 4 is 17.3 Å². The van der Waals surface area contributed by atoms with E-state index in [1.54, 1.807) is 16.7 Å². The van der Waals surface area contributed by atoms with E-state index in [4.69, 9.17) is 0 Å². The molecule has 25 heavy (non-hydrogen) atoms. The van der Waals surface area contributed by atoms with Crippen molar-refractivity contribution in [1.82, 2.24) is 25.9 Å². The Bertz CT molecular complexity index is 853. The molecule has 0 saturated heterocycles. The average molecular weight is 338 g/mol. The number of rotatable bonds is 3. The lowest BCUT2D eigenvalue weighted by Crippen LogP contribution is -2.62. The Kier molecular flexibility index (Phi) is 3.63. The van der Waals surface area contributed by atoms with Gasteiger partial charge in [-0.3, -0.25) is 10.0 Å². The summed E-state index contributed by atoms with van der Waals surface area (Å²) in [4.78, 5) is 21.2. The fourth-order valence-corrected chi connectivity index (χ4v) is 3.55. The van der Waals surface area contributed by atoms with Crippen LogP contribution in [-0.2, 0) is 11.2 Å². The number of benzene rings is 1. The van der Waals surface area contributed by atoms with Gasteiger partial charge >= 0.3 is 0 Å². The minimum atomic E-state index is -1.29. The van der Waals surface area contributed by atoms with Gasteiger partial charge in [-0.1, -0.05) is 18.2 Å². The molecule has 1 unspecified atom stereocenters. The van der Waals surface area contributed by atoms with Gasteiger partial charge in [0.2, 0.25) is 5.66 Å². The number of anilines is 1. The van der Waals surface area contributed by atoms with Crippen molar-refractivity contribution in [1.29, 1.82) is 0 Å². The molecule has 0 fully saturated rings. The Labute approximate surface area is 144 Å². The van der Waals surface area contributed by atoms with Crippen LogP contribution in [0.4, 0.5) is 5.69 Å². The summed E-state index contributed by atoms with van der Waals surface area (Å²) in [6.07, 6.45) is 4.66. The maximum atomic E-state index is 12.7. The zero-order chi connectivity index (χ0) is 17.4. The molecule has 1 aromatic heterocycles. The van der Waals surface area contributed by atoms with Gasteiger partial charge in [-0.05, 0) is 30.5 Å². The second-order valence-electron chi connectivity index (χ2n) is 6.08. The molecule has 2 heterocycles. The number of aromatic nitrogens is 2. The van der Waals surface area contributed by atoms with Gasteiger partial charge in [-0.2, -0.15) is 5.43 Å². The number of aryl methyl sites for hydroxylation is 1. The van der Waals surface area contributed by atoms with Crippen molar-refractivity contribution in [3.05, 3.63) is 59.7 Å². The first-order chi connectivity index (χ1) is 12.2. The molecule has 8 heteroatoms. The molecule has 1 aliphatic carbocycles. The highest BCUT2D eigenvalue weighted by Gasteiger charge is 2.51. The lowest BCUT2D eigenvalue weighted by molar-refractivity contribution is -0.134. The van der Waals surface area contributed by atoms with Gasteiger partial charge in [0.05, 0.1) is 11.4 Å². The quantitative estimate of drug-likeness (QED) is 0.487. The Morgan fingerprint density at radius 2 is 2.12 bits per heavy atom. The molecule has 2 aromatic rings. The first-order valence-electron chi connectivity index (χ1n) is 7.98. The SMILES string of the molecule is CN1NC(Nc2ccccc2)(C(=O)NO)C2=C1c1ncncc1CC2. The topological polar surface area (TPSA) is 102 Å². The normalized spacial score (nSPS) is 21.6. The molecule has 4 rings (SSSR count). The van der Waals surface area contributed by atoms with E-state index in [1.807, 2.05) is 37.4 Å². The van der Waals surface area contributed by atoms with Crippen LogP contribution in [-0.4, -0.2) is 38.8 Å². The largest absolute Gasteiger partial charge is 0.355 e. The number of nitrogens with one attached hydrogen (secondary N) is 3. The number of carbonyl (C=O) groups excluding carboxylic acids is 1. The van der Waals surface area contributed by atoms with E-state index in [9.17, 15) is 10.0 Å². The van der Waals surface area contributed by atoms with E-state index in [0.29, 0.717) is 6.42 Å². The highest BCUT2D eigenvalue weighted by atomic mass is 16.5. The maximum Gasteiger partial charge on any atom is 0.290 e. The van der Waals surface area contributed by atoms with Gasteiger partial charge in [0.1, 0.15) is 6.33 Å². The molecule has 4 N–H and O–H groups in total. The molecule has 1 atom stereocenters. The molecule has 128 valence electrons. The molecular formula is C17H18N6O2. The highest BCUT2D eigenvalue weighted by Crippen LogP contribution is 2.41. The Morgan fingerprint density at radius 3 is 2.88 bits per heavy atom. The summed E-state index contributed by atoms with van der Waals surface area (Å²) in [5.74, 6) is -0.578. The molecule has 0 saturated carbocycles. The first-order valence-corrected chi connectivity index (χ1v) is 7.98. The summed E-state index contributed by atoms with van der Waals surface area (Å²) in [6.45, 7) is 0. The summed E-state index contributed by atoms with van der Waals surface area (Å²) in [5.41, 5.74) is 7.92. The third kappa shape index (κ3) is 2.34. The third-order valence-corrected chi connectivity index (χ3v) is 4.61. The fourth-order valence-electron chi connectivity index (χ4n) is 3.55. The molecule has 0 bridgehead atoms. The monoisotopic (exact) mass is 338 g/mol. The van der Waals surface area contributed by atoms with E-state index in [1.165, 1.54) is 6.33 Å². The minimum absolute atomic E-state index is 0.578. The maximum absolute atomic E-state index is 12.7. The Morgan fingerprint density at radius 1 is 1.32 bits per heavy atom. The standard InChI is InChI=1S/C17H18N6O2/c1-23-15-13(8-7-11-9-18-10-19-14(11)15)17(22-23,16(24)21-25)20-12-5-3-2-4-6-12/h2-6,9-10,20,22,25H,7-8H2,1H3,(H,21,24). The first kappa shape index (κ1) is 15.6. The molecular weight excluding hydrogens is 320 g/mol. The van der Waals surface area contributed by atoms with Crippen LogP contribution in [0.25, 0.3) is 5.70 Å². The van der Waals surface area contributed by atoms with E-state index in [-0.39, 0.29) is 0 Å². The van der Waals surface area contributed by atoms with Crippen molar-refractivity contribution in [3.8, 4) is 0 Å². The van der Waals surface area contributed by atoms with E-state index in [0.717, 1.165) is 34.6 Å². The fraction of sp³-hybridized carbons (Fsp3) is 0.235. The number of carbonyl (C=O) groups is 1. The van der Waals surface area contributed by atoms with Crippen molar-refractivity contribution in [2.45, 2.75) is 18.5 Å². The lowest BCUT2D eigenvalue weighted by atomic mass is 9.86. The molecule has 1 amide bonds. The predicted octanol–water partition coefficient (Wildman–Crippen LogP) is 0.898. The van der Waals surface area contributed by atoms with Crippen molar-refractivity contribution < 1.29 is 10.0 Å².